The average Bonchev–Trinajstić information content (AvgIpc) is 2.50. The summed E-state index contributed by atoms with van der Waals surface area (Å²) in [5.41, 5.74) is 0. The minimum atomic E-state index is 1.02. The van der Waals surface area contributed by atoms with Gasteiger partial charge >= 0.3 is 0 Å². The molecule has 0 fully saturated rings. The van der Waals surface area contributed by atoms with Gasteiger partial charge in [0.2, 0.25) is 0 Å². The van der Waals surface area contributed by atoms with Gasteiger partial charge in [-0.15, -0.1) is 0 Å². The molecule has 0 radical (unpaired) electrons. The van der Waals surface area contributed by atoms with Crippen LogP contribution in [0.3, 0.4) is 0 Å². The normalized spacial score (nSPS) is 13.0. The summed E-state index contributed by atoms with van der Waals surface area (Å²) in [5, 5.41) is 8.41. The molecule has 0 atom stereocenters. The number of rotatable bonds is 13. The van der Waals surface area contributed by atoms with Gasteiger partial charge in [-0.3, -0.25) is 0 Å². The van der Waals surface area contributed by atoms with E-state index in [0.717, 1.165) is 6.26 Å². The highest BCUT2D eigenvalue weighted by Crippen LogP contribution is 2.09. The Bertz CT molecular complexity index is 332. The van der Waals surface area contributed by atoms with Crippen molar-refractivity contribution in [1.82, 2.24) is 0 Å². The fourth-order valence-electron chi connectivity index (χ4n) is 2.01. The van der Waals surface area contributed by atoms with Gasteiger partial charge < -0.3 is 5.11 Å². The first-order valence-corrected chi connectivity index (χ1v) is 8.37. The second-order valence-corrected chi connectivity index (χ2v) is 5.19. The fourth-order valence-corrected chi connectivity index (χ4v) is 2.01. The summed E-state index contributed by atoms with van der Waals surface area (Å²) in [5.74, 6) is 0. The molecule has 118 valence electrons. The average molecular weight is 288 g/mol. The first kappa shape index (κ1) is 19.5. The molecule has 0 unspecified atom stereocenters. The van der Waals surface area contributed by atoms with Crippen molar-refractivity contribution in [1.29, 1.82) is 0 Å². The van der Waals surface area contributed by atoms with Crippen molar-refractivity contribution < 1.29 is 5.11 Å². The van der Waals surface area contributed by atoms with Gasteiger partial charge in [0, 0.05) is 0 Å². The van der Waals surface area contributed by atoms with Gasteiger partial charge in [-0.1, -0.05) is 100 Å². The minimum Gasteiger partial charge on any atom is -0.516 e. The summed E-state index contributed by atoms with van der Waals surface area (Å²) in [7, 11) is 0. The van der Waals surface area contributed by atoms with Gasteiger partial charge in [0.05, 0.1) is 6.26 Å². The minimum absolute atomic E-state index is 1.02. The third-order valence-electron chi connectivity index (χ3n) is 3.22. The Morgan fingerprint density at radius 1 is 0.571 bits per heavy atom. The van der Waals surface area contributed by atoms with Crippen LogP contribution in [0.4, 0.5) is 0 Å². The van der Waals surface area contributed by atoms with E-state index in [9.17, 15) is 0 Å². The Balaban J connectivity index is 3.36. The Morgan fingerprint density at radius 3 is 1.62 bits per heavy atom. The predicted molar refractivity (Wildman–Crippen MR) is 95.6 cm³/mol. The van der Waals surface area contributed by atoms with Crippen LogP contribution in [0.15, 0.2) is 60.9 Å². The molecule has 0 heterocycles. The summed E-state index contributed by atoms with van der Waals surface area (Å²) < 4.78 is 0. The largest absolute Gasteiger partial charge is 0.516 e. The molecule has 0 amide bonds. The number of hydrogen-bond donors (Lipinski definition) is 1. The van der Waals surface area contributed by atoms with E-state index in [-0.39, 0.29) is 0 Å². The van der Waals surface area contributed by atoms with Crippen LogP contribution in [0.2, 0.25) is 0 Å². The van der Waals surface area contributed by atoms with E-state index >= 15 is 0 Å². The zero-order chi connectivity index (χ0) is 15.4. The van der Waals surface area contributed by atoms with E-state index in [1.54, 1.807) is 12.2 Å². The first-order chi connectivity index (χ1) is 10.4. The standard InChI is InChI=1S/C20H32O/c1-2-3-4-5-6-7-8-9-10-11-12-13-14-15-16-17-18-19-20-21/h11-21H,2-10H2,1H3. The van der Waals surface area contributed by atoms with Crippen LogP contribution < -0.4 is 0 Å². The molecule has 1 heteroatoms. The number of aliphatic hydroxyl groups excluding tert-OH is 1. The van der Waals surface area contributed by atoms with E-state index in [1.165, 1.54) is 57.8 Å². The molecular weight excluding hydrogens is 256 g/mol. The molecular formula is C20H32O. The summed E-state index contributed by atoms with van der Waals surface area (Å²) in [6, 6.07) is 0. The molecule has 21 heavy (non-hydrogen) atoms. The van der Waals surface area contributed by atoms with E-state index in [1.807, 2.05) is 24.3 Å². The zero-order valence-corrected chi connectivity index (χ0v) is 13.6. The summed E-state index contributed by atoms with van der Waals surface area (Å²) in [4.78, 5) is 0. The molecule has 0 bridgehead atoms. The molecule has 0 saturated carbocycles. The molecule has 0 aromatic carbocycles. The highest BCUT2D eigenvalue weighted by molar-refractivity contribution is 5.17. The van der Waals surface area contributed by atoms with Crippen molar-refractivity contribution in [2.24, 2.45) is 0 Å². The quantitative estimate of drug-likeness (QED) is 0.224. The van der Waals surface area contributed by atoms with Crippen molar-refractivity contribution in [3.63, 3.8) is 0 Å². The van der Waals surface area contributed by atoms with Crippen LogP contribution >= 0.6 is 0 Å². The van der Waals surface area contributed by atoms with Gasteiger partial charge in [-0.25, -0.2) is 0 Å². The first-order valence-electron chi connectivity index (χ1n) is 8.37. The molecule has 0 aliphatic rings. The summed E-state index contributed by atoms with van der Waals surface area (Å²) in [6.45, 7) is 2.27. The molecule has 0 spiro atoms. The van der Waals surface area contributed by atoms with Crippen LogP contribution in [0.1, 0.15) is 64.7 Å². The van der Waals surface area contributed by atoms with Crippen molar-refractivity contribution in [3.05, 3.63) is 60.9 Å². The molecule has 1 nitrogen and oxygen atoms in total. The Labute approximate surface area is 131 Å². The second-order valence-electron chi connectivity index (χ2n) is 5.19. The summed E-state index contributed by atoms with van der Waals surface area (Å²) >= 11 is 0. The molecule has 0 aromatic heterocycles. The van der Waals surface area contributed by atoms with Crippen molar-refractivity contribution in [2.75, 3.05) is 0 Å². The molecule has 0 rings (SSSR count). The number of aliphatic hydroxyl groups is 1. The van der Waals surface area contributed by atoms with Crippen LogP contribution in [-0.4, -0.2) is 5.11 Å². The smallest absolute Gasteiger partial charge is 0.0791 e. The lowest BCUT2D eigenvalue weighted by Gasteiger charge is -1.99. The zero-order valence-electron chi connectivity index (χ0n) is 13.6. The maximum absolute atomic E-state index is 8.41. The lowest BCUT2D eigenvalue weighted by Crippen LogP contribution is -1.79. The van der Waals surface area contributed by atoms with Crippen molar-refractivity contribution in [3.8, 4) is 0 Å². The van der Waals surface area contributed by atoms with Gasteiger partial charge in [0.1, 0.15) is 0 Å². The Hall–Kier alpha value is -1.50. The van der Waals surface area contributed by atoms with E-state index < -0.39 is 0 Å². The third kappa shape index (κ3) is 18.5. The van der Waals surface area contributed by atoms with Crippen LogP contribution in [0, 0.1) is 0 Å². The maximum atomic E-state index is 8.41. The predicted octanol–water partition coefficient (Wildman–Crippen LogP) is 6.81. The van der Waals surface area contributed by atoms with Crippen molar-refractivity contribution >= 4 is 0 Å². The lowest BCUT2D eigenvalue weighted by molar-refractivity contribution is 0.474. The SMILES string of the molecule is CCCCCCCCCCC=CC=CC=CC=CC=CO. The lowest BCUT2D eigenvalue weighted by atomic mass is 10.1. The van der Waals surface area contributed by atoms with Gasteiger partial charge in [-0.05, 0) is 18.9 Å². The highest BCUT2D eigenvalue weighted by Gasteiger charge is 1.89. The van der Waals surface area contributed by atoms with Gasteiger partial charge in [0.25, 0.3) is 0 Å². The molecule has 0 saturated heterocycles. The third-order valence-corrected chi connectivity index (χ3v) is 3.22. The Morgan fingerprint density at radius 2 is 1.05 bits per heavy atom. The van der Waals surface area contributed by atoms with E-state index in [4.69, 9.17) is 5.11 Å². The van der Waals surface area contributed by atoms with E-state index in [0.29, 0.717) is 0 Å². The van der Waals surface area contributed by atoms with Gasteiger partial charge in [0.15, 0.2) is 0 Å². The maximum Gasteiger partial charge on any atom is 0.0791 e. The van der Waals surface area contributed by atoms with Crippen molar-refractivity contribution in [2.45, 2.75) is 64.7 Å². The van der Waals surface area contributed by atoms with Gasteiger partial charge in [-0.2, -0.15) is 0 Å². The molecule has 0 aliphatic carbocycles. The Kier molecular flexibility index (Phi) is 17.2. The molecule has 0 aliphatic heterocycles. The summed E-state index contributed by atoms with van der Waals surface area (Å²) in [6.07, 6.45) is 30.8. The molecule has 0 aromatic rings. The topological polar surface area (TPSA) is 20.2 Å². The monoisotopic (exact) mass is 288 g/mol. The molecule has 1 N–H and O–H groups in total. The number of hydrogen-bond acceptors (Lipinski definition) is 1. The van der Waals surface area contributed by atoms with E-state index in [2.05, 4.69) is 25.2 Å². The van der Waals surface area contributed by atoms with Crippen LogP contribution in [0.25, 0.3) is 0 Å². The van der Waals surface area contributed by atoms with Crippen LogP contribution in [0.5, 0.6) is 0 Å². The number of unbranched alkanes of at least 4 members (excludes halogenated alkanes) is 8. The fraction of sp³-hybridized carbons (Fsp3) is 0.500. The second kappa shape index (κ2) is 18.5. The highest BCUT2D eigenvalue weighted by atomic mass is 16.2. The van der Waals surface area contributed by atoms with Crippen LogP contribution in [-0.2, 0) is 0 Å². The number of allylic oxidation sites excluding steroid dienone is 9.